The standard InChI is InChI=1S/C17H17N3O4S2/c1-19-14-9-4-5-10-15(14)25-17(19)18-16(21)12-7-6-8-13(11-12)26(22,23)20(2)24-3/h4-11H,1-3H3. The number of hydroxylamine groups is 1. The summed E-state index contributed by atoms with van der Waals surface area (Å²) in [7, 11) is 0.537. The summed E-state index contributed by atoms with van der Waals surface area (Å²) in [6, 6.07) is 13.5. The number of aryl methyl sites for hydroxylation is 1. The Labute approximate surface area is 154 Å². The fraction of sp³-hybridized carbons (Fsp3) is 0.176. The number of carbonyl (C=O) groups excluding carboxylic acids is 1. The van der Waals surface area contributed by atoms with Crippen molar-refractivity contribution in [3.8, 4) is 0 Å². The highest BCUT2D eigenvalue weighted by Gasteiger charge is 2.21. The molecule has 0 fully saturated rings. The number of benzene rings is 2. The van der Waals surface area contributed by atoms with Gasteiger partial charge in [0.25, 0.3) is 15.9 Å². The SMILES string of the molecule is CON(C)S(=O)(=O)c1cccc(C(=O)N=c2sc3ccccc3n2C)c1. The van der Waals surface area contributed by atoms with E-state index < -0.39 is 15.9 Å². The number of hydrogen-bond acceptors (Lipinski definition) is 5. The molecule has 0 saturated carbocycles. The van der Waals surface area contributed by atoms with Crippen molar-refractivity contribution in [1.82, 2.24) is 9.04 Å². The van der Waals surface area contributed by atoms with Crippen LogP contribution in [0.15, 0.2) is 58.4 Å². The number of carbonyl (C=O) groups is 1. The highest BCUT2D eigenvalue weighted by atomic mass is 32.2. The first-order chi connectivity index (χ1) is 12.3. The second-order valence-corrected chi connectivity index (χ2v) is 8.40. The summed E-state index contributed by atoms with van der Waals surface area (Å²) in [6.07, 6.45) is 0. The van der Waals surface area contributed by atoms with Crippen LogP contribution in [0, 0.1) is 0 Å². The van der Waals surface area contributed by atoms with Gasteiger partial charge in [-0.2, -0.15) is 4.99 Å². The van der Waals surface area contributed by atoms with Crippen LogP contribution in [-0.2, 0) is 21.9 Å². The smallest absolute Gasteiger partial charge is 0.279 e. The van der Waals surface area contributed by atoms with E-state index >= 15 is 0 Å². The maximum absolute atomic E-state index is 12.5. The molecule has 7 nitrogen and oxygen atoms in total. The minimum atomic E-state index is -3.83. The maximum atomic E-state index is 12.5. The van der Waals surface area contributed by atoms with Crippen LogP contribution in [0.1, 0.15) is 10.4 Å². The molecule has 0 saturated heterocycles. The quantitative estimate of drug-likeness (QED) is 0.638. The van der Waals surface area contributed by atoms with Gasteiger partial charge in [0, 0.05) is 19.7 Å². The van der Waals surface area contributed by atoms with Crippen molar-refractivity contribution in [2.24, 2.45) is 12.0 Å². The van der Waals surface area contributed by atoms with Gasteiger partial charge < -0.3 is 4.57 Å². The number of rotatable bonds is 4. The molecule has 3 aromatic rings. The van der Waals surface area contributed by atoms with E-state index in [1.807, 2.05) is 35.9 Å². The number of fused-ring (bicyclic) bond motifs is 1. The number of amides is 1. The predicted octanol–water partition coefficient (Wildman–Crippen LogP) is 2.16. The fourth-order valence-electron chi connectivity index (χ4n) is 2.38. The molecule has 136 valence electrons. The van der Waals surface area contributed by atoms with Crippen molar-refractivity contribution < 1.29 is 18.0 Å². The molecule has 0 aliphatic heterocycles. The lowest BCUT2D eigenvalue weighted by Crippen LogP contribution is -2.25. The summed E-state index contributed by atoms with van der Waals surface area (Å²) in [5, 5.41) is 0. The first-order valence-electron chi connectivity index (χ1n) is 7.61. The predicted molar refractivity (Wildman–Crippen MR) is 99.1 cm³/mol. The van der Waals surface area contributed by atoms with Gasteiger partial charge in [-0.3, -0.25) is 9.63 Å². The lowest BCUT2D eigenvalue weighted by Gasteiger charge is -2.14. The molecule has 0 aliphatic rings. The first kappa shape index (κ1) is 18.5. The van der Waals surface area contributed by atoms with Crippen molar-refractivity contribution in [3.05, 3.63) is 58.9 Å². The Kier molecular flexibility index (Phi) is 5.05. The van der Waals surface area contributed by atoms with Crippen LogP contribution in [0.3, 0.4) is 0 Å². The van der Waals surface area contributed by atoms with E-state index in [1.165, 1.54) is 49.8 Å². The third kappa shape index (κ3) is 3.34. The van der Waals surface area contributed by atoms with E-state index in [-0.39, 0.29) is 10.5 Å². The Morgan fingerprint density at radius 1 is 1.19 bits per heavy atom. The minimum absolute atomic E-state index is 0.0383. The zero-order valence-electron chi connectivity index (χ0n) is 14.4. The number of sulfonamides is 1. The average Bonchev–Trinajstić information content (AvgIpc) is 2.97. The van der Waals surface area contributed by atoms with Crippen molar-refractivity contribution in [2.75, 3.05) is 14.2 Å². The molecule has 0 N–H and O–H groups in total. The third-order valence-corrected chi connectivity index (χ3v) is 6.67. The fourth-order valence-corrected chi connectivity index (χ4v) is 4.41. The molecular weight excluding hydrogens is 374 g/mol. The zero-order chi connectivity index (χ0) is 18.9. The van der Waals surface area contributed by atoms with Gasteiger partial charge in [-0.15, -0.1) is 0 Å². The van der Waals surface area contributed by atoms with Crippen LogP contribution in [0.5, 0.6) is 0 Å². The van der Waals surface area contributed by atoms with Gasteiger partial charge in [0.15, 0.2) is 4.80 Å². The molecule has 1 aromatic heterocycles. The van der Waals surface area contributed by atoms with Gasteiger partial charge in [-0.1, -0.05) is 34.0 Å². The maximum Gasteiger partial charge on any atom is 0.279 e. The third-order valence-electron chi connectivity index (χ3n) is 3.89. The van der Waals surface area contributed by atoms with Gasteiger partial charge in [0.05, 0.1) is 22.2 Å². The zero-order valence-corrected chi connectivity index (χ0v) is 16.0. The van der Waals surface area contributed by atoms with Crippen molar-refractivity contribution in [2.45, 2.75) is 4.90 Å². The summed E-state index contributed by atoms with van der Waals surface area (Å²) in [5.74, 6) is -0.510. The lowest BCUT2D eigenvalue weighted by atomic mass is 10.2. The number of thiazole rings is 1. The van der Waals surface area contributed by atoms with E-state index in [0.717, 1.165) is 14.7 Å². The second-order valence-electron chi connectivity index (χ2n) is 5.45. The Morgan fingerprint density at radius 2 is 1.92 bits per heavy atom. The number of hydrogen-bond donors (Lipinski definition) is 0. The van der Waals surface area contributed by atoms with Gasteiger partial charge in [0.1, 0.15) is 0 Å². The van der Waals surface area contributed by atoms with Crippen LogP contribution in [0.25, 0.3) is 10.2 Å². The molecule has 0 unspecified atom stereocenters. The minimum Gasteiger partial charge on any atom is -0.319 e. The van der Waals surface area contributed by atoms with E-state index in [0.29, 0.717) is 4.80 Å². The van der Waals surface area contributed by atoms with E-state index in [1.54, 1.807) is 0 Å². The molecule has 0 aliphatic carbocycles. The highest BCUT2D eigenvalue weighted by molar-refractivity contribution is 7.89. The summed E-state index contributed by atoms with van der Waals surface area (Å²) < 4.78 is 28.2. The molecule has 1 amide bonds. The molecule has 26 heavy (non-hydrogen) atoms. The number of aromatic nitrogens is 1. The molecule has 9 heteroatoms. The molecule has 0 radical (unpaired) electrons. The Balaban J connectivity index is 2.03. The summed E-state index contributed by atoms with van der Waals surface area (Å²) in [6.45, 7) is 0. The average molecular weight is 391 g/mol. The molecule has 0 spiro atoms. The van der Waals surface area contributed by atoms with Crippen molar-refractivity contribution >= 4 is 37.5 Å². The Morgan fingerprint density at radius 3 is 2.62 bits per heavy atom. The molecule has 1 heterocycles. The summed E-state index contributed by atoms with van der Waals surface area (Å²) in [5.41, 5.74) is 1.16. The number of nitrogens with zero attached hydrogens (tertiary/aromatic N) is 3. The van der Waals surface area contributed by atoms with Gasteiger partial charge in [0.2, 0.25) is 0 Å². The monoisotopic (exact) mass is 391 g/mol. The summed E-state index contributed by atoms with van der Waals surface area (Å²) in [4.78, 5) is 22.0. The largest absolute Gasteiger partial charge is 0.319 e. The van der Waals surface area contributed by atoms with Gasteiger partial charge in [-0.05, 0) is 30.3 Å². The summed E-state index contributed by atoms with van der Waals surface area (Å²) >= 11 is 1.39. The molecule has 3 rings (SSSR count). The molecule has 0 atom stereocenters. The van der Waals surface area contributed by atoms with Crippen LogP contribution in [0.2, 0.25) is 0 Å². The molecule has 2 aromatic carbocycles. The van der Waals surface area contributed by atoms with Crippen LogP contribution >= 0.6 is 11.3 Å². The van der Waals surface area contributed by atoms with Crippen molar-refractivity contribution in [1.29, 1.82) is 0 Å². The first-order valence-corrected chi connectivity index (χ1v) is 9.87. The van der Waals surface area contributed by atoms with Crippen molar-refractivity contribution in [3.63, 3.8) is 0 Å². The highest BCUT2D eigenvalue weighted by Crippen LogP contribution is 2.18. The lowest BCUT2D eigenvalue weighted by molar-refractivity contribution is -0.0258. The van der Waals surface area contributed by atoms with Crippen LogP contribution in [-0.4, -0.2) is 37.5 Å². The van der Waals surface area contributed by atoms with E-state index in [2.05, 4.69) is 4.99 Å². The normalized spacial score (nSPS) is 12.8. The molecular formula is C17H17N3O4S2. The second kappa shape index (κ2) is 7.12. The van der Waals surface area contributed by atoms with Crippen LogP contribution < -0.4 is 4.80 Å². The Hall–Kier alpha value is -2.33. The molecule has 0 bridgehead atoms. The number of para-hydroxylation sites is 1. The van der Waals surface area contributed by atoms with Gasteiger partial charge in [-0.25, -0.2) is 8.42 Å². The van der Waals surface area contributed by atoms with E-state index in [4.69, 9.17) is 4.84 Å². The Bertz CT molecular complexity index is 1150. The topological polar surface area (TPSA) is 81.0 Å². The van der Waals surface area contributed by atoms with Gasteiger partial charge >= 0.3 is 0 Å². The van der Waals surface area contributed by atoms with E-state index in [9.17, 15) is 13.2 Å². The van der Waals surface area contributed by atoms with Crippen LogP contribution in [0.4, 0.5) is 0 Å².